The van der Waals surface area contributed by atoms with Crippen LogP contribution in [0.15, 0.2) is 24.3 Å². The molecule has 0 spiro atoms. The van der Waals surface area contributed by atoms with Gasteiger partial charge in [-0.2, -0.15) is 0 Å². The fraction of sp³-hybridized carbons (Fsp3) is 0.571. The Bertz CT molecular complexity index is 692. The number of benzene rings is 1. The number of nitrogens with one attached hydrogen (secondary N) is 1. The van der Waals surface area contributed by atoms with E-state index in [0.29, 0.717) is 31.7 Å². The van der Waals surface area contributed by atoms with Gasteiger partial charge in [-0.25, -0.2) is 0 Å². The van der Waals surface area contributed by atoms with Crippen LogP contribution in [0.2, 0.25) is 0 Å². The van der Waals surface area contributed by atoms with Crippen molar-refractivity contribution >= 4 is 17.7 Å². The van der Waals surface area contributed by atoms with E-state index in [1.165, 1.54) is 0 Å². The summed E-state index contributed by atoms with van der Waals surface area (Å²) in [5.41, 5.74) is 1.56. The molecule has 1 fully saturated rings. The number of hydrogen-bond donors (Lipinski definition) is 1. The van der Waals surface area contributed by atoms with Crippen molar-refractivity contribution in [2.75, 3.05) is 26.2 Å². The molecule has 0 aromatic heterocycles. The quantitative estimate of drug-likeness (QED) is 0.859. The number of aryl methyl sites for hydroxylation is 1. The third-order valence-corrected chi connectivity index (χ3v) is 4.90. The topological polar surface area (TPSA) is 69.7 Å². The van der Waals surface area contributed by atoms with E-state index < -0.39 is 6.04 Å². The Kier molecular flexibility index (Phi) is 6.99. The summed E-state index contributed by atoms with van der Waals surface area (Å²) in [4.78, 5) is 41.2. The summed E-state index contributed by atoms with van der Waals surface area (Å²) < 4.78 is 0. The molecule has 0 bridgehead atoms. The zero-order chi connectivity index (χ0) is 20.1. The van der Waals surface area contributed by atoms with Gasteiger partial charge in [-0.3, -0.25) is 14.4 Å². The van der Waals surface area contributed by atoms with Gasteiger partial charge in [0.25, 0.3) is 5.91 Å². The van der Waals surface area contributed by atoms with Crippen molar-refractivity contribution < 1.29 is 14.4 Å². The van der Waals surface area contributed by atoms with Gasteiger partial charge >= 0.3 is 0 Å². The first-order valence-corrected chi connectivity index (χ1v) is 9.65. The molecule has 1 N–H and O–H groups in total. The van der Waals surface area contributed by atoms with E-state index in [1.807, 2.05) is 57.7 Å². The second-order valence-electron chi connectivity index (χ2n) is 7.87. The maximum absolute atomic E-state index is 13.0. The lowest BCUT2D eigenvalue weighted by atomic mass is 10.0. The van der Waals surface area contributed by atoms with E-state index in [-0.39, 0.29) is 29.6 Å². The van der Waals surface area contributed by atoms with Crippen LogP contribution in [-0.4, -0.2) is 59.7 Å². The molecule has 1 aromatic carbocycles. The maximum atomic E-state index is 13.0. The smallest absolute Gasteiger partial charge is 0.251 e. The van der Waals surface area contributed by atoms with Crippen LogP contribution in [0.1, 0.15) is 43.6 Å². The Morgan fingerprint density at radius 3 is 1.96 bits per heavy atom. The van der Waals surface area contributed by atoms with E-state index in [2.05, 4.69) is 5.32 Å². The largest absolute Gasteiger partial charge is 0.340 e. The molecule has 0 saturated carbocycles. The molecule has 1 atom stereocenters. The highest BCUT2D eigenvalue weighted by atomic mass is 16.2. The van der Waals surface area contributed by atoms with Gasteiger partial charge in [-0.15, -0.1) is 0 Å². The summed E-state index contributed by atoms with van der Waals surface area (Å²) in [5, 5.41) is 2.90. The minimum atomic E-state index is -0.578. The Morgan fingerprint density at radius 1 is 0.926 bits per heavy atom. The van der Waals surface area contributed by atoms with Crippen molar-refractivity contribution in [3.05, 3.63) is 35.4 Å². The van der Waals surface area contributed by atoms with Crippen LogP contribution < -0.4 is 5.32 Å². The second-order valence-corrected chi connectivity index (χ2v) is 7.87. The summed E-state index contributed by atoms with van der Waals surface area (Å²) in [5.74, 6) is -0.261. The summed E-state index contributed by atoms with van der Waals surface area (Å²) in [6.07, 6.45) is 0. The molecule has 2 rings (SSSR count). The van der Waals surface area contributed by atoms with Crippen LogP contribution in [0.25, 0.3) is 0 Å². The molecule has 27 heavy (non-hydrogen) atoms. The van der Waals surface area contributed by atoms with E-state index in [9.17, 15) is 14.4 Å². The molecular weight excluding hydrogens is 342 g/mol. The molecule has 0 radical (unpaired) electrons. The van der Waals surface area contributed by atoms with Crippen molar-refractivity contribution in [2.45, 2.75) is 40.7 Å². The van der Waals surface area contributed by atoms with Gasteiger partial charge in [0.05, 0.1) is 0 Å². The minimum Gasteiger partial charge on any atom is -0.340 e. The van der Waals surface area contributed by atoms with E-state index >= 15 is 0 Å². The van der Waals surface area contributed by atoms with Crippen molar-refractivity contribution in [3.8, 4) is 0 Å². The predicted octanol–water partition coefficient (Wildman–Crippen LogP) is 2.08. The second kappa shape index (κ2) is 9.02. The normalized spacial score (nSPS) is 15.8. The average molecular weight is 373 g/mol. The molecule has 1 aliphatic heterocycles. The van der Waals surface area contributed by atoms with Crippen LogP contribution in [0, 0.1) is 18.8 Å². The van der Waals surface area contributed by atoms with Crippen molar-refractivity contribution in [2.24, 2.45) is 11.8 Å². The molecule has 1 heterocycles. The molecular formula is C21H31N3O3. The number of nitrogens with zero attached hydrogens (tertiary/aromatic N) is 2. The zero-order valence-electron chi connectivity index (χ0n) is 17.0. The lowest BCUT2D eigenvalue weighted by Gasteiger charge is -2.37. The van der Waals surface area contributed by atoms with Gasteiger partial charge in [0.1, 0.15) is 6.04 Å². The fourth-order valence-corrected chi connectivity index (χ4v) is 3.23. The highest BCUT2D eigenvalue weighted by molar-refractivity contribution is 5.97. The van der Waals surface area contributed by atoms with E-state index in [0.717, 1.165) is 5.56 Å². The Labute approximate surface area is 161 Å². The fourth-order valence-electron chi connectivity index (χ4n) is 3.23. The predicted molar refractivity (Wildman–Crippen MR) is 105 cm³/mol. The first-order valence-electron chi connectivity index (χ1n) is 9.65. The standard InChI is InChI=1S/C21H31N3O3/c1-14(2)18(22-19(25)17-8-6-7-16(5)13-17)21(27)24-11-9-23(10-12-24)20(26)15(3)4/h6-8,13-15,18H,9-12H2,1-5H3,(H,22,25). The number of amides is 3. The van der Waals surface area contributed by atoms with Crippen molar-refractivity contribution in [1.29, 1.82) is 0 Å². The van der Waals surface area contributed by atoms with Gasteiger partial charge < -0.3 is 15.1 Å². The average Bonchev–Trinajstić information content (AvgIpc) is 2.64. The minimum absolute atomic E-state index is 0.0263. The third kappa shape index (κ3) is 5.31. The Morgan fingerprint density at radius 2 is 1.48 bits per heavy atom. The number of carbonyl (C=O) groups excluding carboxylic acids is 3. The lowest BCUT2D eigenvalue weighted by Crippen LogP contribution is -2.57. The Hall–Kier alpha value is -2.37. The van der Waals surface area contributed by atoms with Crippen LogP contribution in [-0.2, 0) is 9.59 Å². The first kappa shape index (κ1) is 20.9. The van der Waals surface area contributed by atoms with Gasteiger partial charge in [0.2, 0.25) is 11.8 Å². The van der Waals surface area contributed by atoms with Crippen LogP contribution in [0.4, 0.5) is 0 Å². The third-order valence-electron chi connectivity index (χ3n) is 4.90. The molecule has 3 amide bonds. The highest BCUT2D eigenvalue weighted by Crippen LogP contribution is 2.13. The SMILES string of the molecule is Cc1cccc(C(=O)NC(C(=O)N2CCN(C(=O)C(C)C)CC2)C(C)C)c1. The number of hydrogen-bond acceptors (Lipinski definition) is 3. The van der Waals surface area contributed by atoms with E-state index in [1.54, 1.807) is 11.0 Å². The van der Waals surface area contributed by atoms with Crippen LogP contribution >= 0.6 is 0 Å². The van der Waals surface area contributed by atoms with Gasteiger partial charge in [-0.05, 0) is 25.0 Å². The van der Waals surface area contributed by atoms with Crippen LogP contribution in [0.5, 0.6) is 0 Å². The lowest BCUT2D eigenvalue weighted by molar-refractivity contribution is -0.142. The maximum Gasteiger partial charge on any atom is 0.251 e. The van der Waals surface area contributed by atoms with Gasteiger partial charge in [0, 0.05) is 37.7 Å². The first-order chi connectivity index (χ1) is 12.7. The monoisotopic (exact) mass is 373 g/mol. The molecule has 1 aliphatic rings. The number of carbonyl (C=O) groups is 3. The zero-order valence-corrected chi connectivity index (χ0v) is 17.0. The highest BCUT2D eigenvalue weighted by Gasteiger charge is 2.32. The molecule has 1 unspecified atom stereocenters. The van der Waals surface area contributed by atoms with Gasteiger partial charge in [0.15, 0.2) is 0 Å². The van der Waals surface area contributed by atoms with Crippen molar-refractivity contribution in [3.63, 3.8) is 0 Å². The summed E-state index contributed by atoms with van der Waals surface area (Å²) in [6, 6.07) is 6.75. The van der Waals surface area contributed by atoms with Crippen LogP contribution in [0.3, 0.4) is 0 Å². The molecule has 6 nitrogen and oxygen atoms in total. The molecule has 1 saturated heterocycles. The Balaban J connectivity index is 2.01. The van der Waals surface area contributed by atoms with Gasteiger partial charge in [-0.1, -0.05) is 45.4 Å². The molecule has 6 heteroatoms. The number of rotatable bonds is 5. The molecule has 148 valence electrons. The van der Waals surface area contributed by atoms with Crippen molar-refractivity contribution in [1.82, 2.24) is 15.1 Å². The molecule has 0 aliphatic carbocycles. The molecule has 1 aromatic rings. The number of piperazine rings is 1. The summed E-state index contributed by atoms with van der Waals surface area (Å²) in [6.45, 7) is 11.6. The summed E-state index contributed by atoms with van der Waals surface area (Å²) >= 11 is 0. The van der Waals surface area contributed by atoms with E-state index in [4.69, 9.17) is 0 Å². The summed E-state index contributed by atoms with van der Waals surface area (Å²) in [7, 11) is 0.